The first kappa shape index (κ1) is 11.8. The topological polar surface area (TPSA) is 67.9 Å². The summed E-state index contributed by atoms with van der Waals surface area (Å²) in [4.78, 5) is 21.8. The largest absolute Gasteiger partial charge is 0.476 e. The van der Waals surface area contributed by atoms with Crippen LogP contribution in [0, 0.1) is 0 Å². The SMILES string of the molecule is O=c1[nH]cnc(OCCc2ccccn2)c1Br. The van der Waals surface area contributed by atoms with Crippen molar-refractivity contribution in [2.24, 2.45) is 0 Å². The van der Waals surface area contributed by atoms with E-state index in [2.05, 4.69) is 30.9 Å². The minimum atomic E-state index is -0.257. The monoisotopic (exact) mass is 295 g/mol. The van der Waals surface area contributed by atoms with Gasteiger partial charge in [0.2, 0.25) is 5.88 Å². The predicted molar refractivity (Wildman–Crippen MR) is 66.0 cm³/mol. The van der Waals surface area contributed by atoms with E-state index in [9.17, 15) is 4.79 Å². The first-order valence-corrected chi connectivity index (χ1v) is 5.82. The molecule has 0 aromatic carbocycles. The Labute approximate surface area is 106 Å². The highest BCUT2D eigenvalue weighted by Crippen LogP contribution is 2.15. The van der Waals surface area contributed by atoms with Gasteiger partial charge in [0.05, 0.1) is 12.9 Å². The number of hydrogen-bond donors (Lipinski definition) is 1. The van der Waals surface area contributed by atoms with Crippen LogP contribution in [-0.2, 0) is 6.42 Å². The molecule has 6 heteroatoms. The first-order chi connectivity index (χ1) is 8.27. The molecule has 5 nitrogen and oxygen atoms in total. The van der Waals surface area contributed by atoms with Gasteiger partial charge in [0.25, 0.3) is 5.56 Å². The minimum absolute atomic E-state index is 0.257. The van der Waals surface area contributed by atoms with Crippen LogP contribution >= 0.6 is 15.9 Å². The van der Waals surface area contributed by atoms with E-state index in [-0.39, 0.29) is 5.56 Å². The van der Waals surface area contributed by atoms with Crippen LogP contribution in [-0.4, -0.2) is 21.6 Å². The quantitative estimate of drug-likeness (QED) is 0.929. The lowest BCUT2D eigenvalue weighted by Crippen LogP contribution is -2.11. The normalized spacial score (nSPS) is 10.2. The van der Waals surface area contributed by atoms with Crippen molar-refractivity contribution in [3.05, 3.63) is 51.2 Å². The molecule has 1 N–H and O–H groups in total. The van der Waals surface area contributed by atoms with Gasteiger partial charge in [-0.1, -0.05) is 6.07 Å². The van der Waals surface area contributed by atoms with Crippen molar-refractivity contribution in [3.63, 3.8) is 0 Å². The number of nitrogens with zero attached hydrogens (tertiary/aromatic N) is 2. The van der Waals surface area contributed by atoms with E-state index in [0.717, 1.165) is 5.69 Å². The standard InChI is InChI=1S/C11H10BrN3O2/c12-9-10(16)14-7-15-11(9)17-6-4-8-3-1-2-5-13-8/h1-3,5,7H,4,6H2,(H,14,15,16). The molecule has 2 heterocycles. The first-order valence-electron chi connectivity index (χ1n) is 5.03. The molecular weight excluding hydrogens is 286 g/mol. The summed E-state index contributed by atoms with van der Waals surface area (Å²) in [6, 6.07) is 5.70. The van der Waals surface area contributed by atoms with Crippen LogP contribution in [0.4, 0.5) is 0 Å². The molecular formula is C11H10BrN3O2. The lowest BCUT2D eigenvalue weighted by atomic mass is 10.3. The maximum Gasteiger partial charge on any atom is 0.268 e. The van der Waals surface area contributed by atoms with Crippen molar-refractivity contribution < 1.29 is 4.74 Å². The van der Waals surface area contributed by atoms with E-state index >= 15 is 0 Å². The number of hydrogen-bond acceptors (Lipinski definition) is 4. The Balaban J connectivity index is 1.95. The van der Waals surface area contributed by atoms with Crippen molar-refractivity contribution in [2.75, 3.05) is 6.61 Å². The lowest BCUT2D eigenvalue weighted by molar-refractivity contribution is 0.305. The smallest absolute Gasteiger partial charge is 0.268 e. The Morgan fingerprint density at radius 1 is 1.35 bits per heavy atom. The number of nitrogens with one attached hydrogen (secondary N) is 1. The molecule has 0 spiro atoms. The Kier molecular flexibility index (Phi) is 3.87. The van der Waals surface area contributed by atoms with Gasteiger partial charge >= 0.3 is 0 Å². The average Bonchev–Trinajstić information content (AvgIpc) is 2.36. The van der Waals surface area contributed by atoms with E-state index in [4.69, 9.17) is 4.74 Å². The van der Waals surface area contributed by atoms with E-state index in [1.54, 1.807) is 6.20 Å². The molecule has 0 unspecified atom stereocenters. The van der Waals surface area contributed by atoms with Gasteiger partial charge < -0.3 is 9.72 Å². The summed E-state index contributed by atoms with van der Waals surface area (Å²) in [6.07, 6.45) is 3.71. The minimum Gasteiger partial charge on any atom is -0.476 e. The van der Waals surface area contributed by atoms with Gasteiger partial charge in [-0.25, -0.2) is 4.98 Å². The fraction of sp³-hybridized carbons (Fsp3) is 0.182. The second-order valence-corrected chi connectivity index (χ2v) is 4.06. The van der Waals surface area contributed by atoms with Crippen molar-refractivity contribution in [1.29, 1.82) is 0 Å². The zero-order valence-corrected chi connectivity index (χ0v) is 10.5. The Hall–Kier alpha value is -1.69. The molecule has 0 saturated heterocycles. The zero-order valence-electron chi connectivity index (χ0n) is 8.89. The number of rotatable bonds is 4. The van der Waals surface area contributed by atoms with E-state index in [0.29, 0.717) is 23.4 Å². The van der Waals surface area contributed by atoms with Gasteiger partial charge in [-0.3, -0.25) is 9.78 Å². The Morgan fingerprint density at radius 3 is 3.00 bits per heavy atom. The summed E-state index contributed by atoms with van der Waals surface area (Å²) in [5.41, 5.74) is 0.682. The third kappa shape index (κ3) is 3.13. The second kappa shape index (κ2) is 5.58. The predicted octanol–water partition coefficient (Wildman–Crippen LogP) is 1.55. The van der Waals surface area contributed by atoms with Crippen molar-refractivity contribution >= 4 is 15.9 Å². The lowest BCUT2D eigenvalue weighted by Gasteiger charge is -2.05. The molecule has 2 rings (SSSR count). The summed E-state index contributed by atoms with van der Waals surface area (Å²) in [5, 5.41) is 0. The maximum atomic E-state index is 11.2. The van der Waals surface area contributed by atoms with Gasteiger partial charge in [0, 0.05) is 18.3 Å². The third-order valence-electron chi connectivity index (χ3n) is 2.09. The number of H-pyrrole nitrogens is 1. The van der Waals surface area contributed by atoms with Crippen LogP contribution in [0.5, 0.6) is 5.88 Å². The highest BCUT2D eigenvalue weighted by molar-refractivity contribution is 9.10. The molecule has 0 fully saturated rings. The molecule has 0 aliphatic carbocycles. The van der Waals surface area contributed by atoms with Crippen molar-refractivity contribution in [3.8, 4) is 5.88 Å². The number of aromatic nitrogens is 3. The number of aromatic amines is 1. The van der Waals surface area contributed by atoms with Gasteiger partial charge in [-0.2, -0.15) is 0 Å². The van der Waals surface area contributed by atoms with Gasteiger partial charge in [-0.15, -0.1) is 0 Å². The second-order valence-electron chi connectivity index (χ2n) is 3.27. The summed E-state index contributed by atoms with van der Waals surface area (Å²) in [7, 11) is 0. The fourth-order valence-corrected chi connectivity index (χ4v) is 1.60. The highest BCUT2D eigenvalue weighted by Gasteiger charge is 2.06. The molecule has 0 bridgehead atoms. The zero-order chi connectivity index (χ0) is 12.1. The molecule has 2 aromatic heterocycles. The van der Waals surface area contributed by atoms with Crippen LogP contribution in [0.25, 0.3) is 0 Å². The molecule has 0 saturated carbocycles. The summed E-state index contributed by atoms with van der Waals surface area (Å²) in [6.45, 7) is 0.423. The summed E-state index contributed by atoms with van der Waals surface area (Å²) in [5.74, 6) is 0.296. The number of pyridine rings is 1. The van der Waals surface area contributed by atoms with E-state index in [1.807, 2.05) is 18.2 Å². The van der Waals surface area contributed by atoms with Gasteiger partial charge in [-0.05, 0) is 28.1 Å². The molecule has 0 atom stereocenters. The Morgan fingerprint density at radius 2 is 2.24 bits per heavy atom. The van der Waals surface area contributed by atoms with E-state index < -0.39 is 0 Å². The fourth-order valence-electron chi connectivity index (χ4n) is 1.27. The molecule has 0 aliphatic heterocycles. The summed E-state index contributed by atoms with van der Waals surface area (Å²) >= 11 is 3.12. The van der Waals surface area contributed by atoms with Gasteiger partial charge in [0.15, 0.2) is 0 Å². The molecule has 17 heavy (non-hydrogen) atoms. The van der Waals surface area contributed by atoms with Crippen LogP contribution in [0.2, 0.25) is 0 Å². The average molecular weight is 296 g/mol. The molecule has 0 amide bonds. The van der Waals surface area contributed by atoms with Crippen LogP contribution < -0.4 is 10.3 Å². The molecule has 88 valence electrons. The molecule has 0 radical (unpaired) electrons. The third-order valence-corrected chi connectivity index (χ3v) is 2.79. The van der Waals surface area contributed by atoms with Crippen molar-refractivity contribution in [1.82, 2.24) is 15.0 Å². The molecule has 2 aromatic rings. The van der Waals surface area contributed by atoms with Crippen LogP contribution in [0.1, 0.15) is 5.69 Å². The Bertz CT molecular complexity index is 542. The highest BCUT2D eigenvalue weighted by atomic mass is 79.9. The van der Waals surface area contributed by atoms with Crippen LogP contribution in [0.15, 0.2) is 40.0 Å². The molecule has 0 aliphatic rings. The maximum absolute atomic E-state index is 11.2. The summed E-state index contributed by atoms with van der Waals surface area (Å²) < 4.78 is 5.71. The van der Waals surface area contributed by atoms with Gasteiger partial charge in [0.1, 0.15) is 4.47 Å². The number of ether oxygens (including phenoxy) is 1. The van der Waals surface area contributed by atoms with E-state index in [1.165, 1.54) is 6.33 Å². The van der Waals surface area contributed by atoms with Crippen molar-refractivity contribution in [2.45, 2.75) is 6.42 Å². The van der Waals surface area contributed by atoms with Crippen LogP contribution in [0.3, 0.4) is 0 Å². The number of halogens is 1.